The monoisotopic (exact) mass is 282 g/mol. The zero-order chi connectivity index (χ0) is 14.9. The second-order valence-electron chi connectivity index (χ2n) is 5.44. The Hall–Kier alpha value is -2.00. The third-order valence-corrected chi connectivity index (χ3v) is 3.08. The highest BCUT2D eigenvalue weighted by atomic mass is 16.5. The molecule has 0 N–H and O–H groups in total. The number of rotatable bonds is 7. The molecule has 110 valence electrons. The molecule has 0 aliphatic heterocycles. The Morgan fingerprint density at radius 2 is 1.48 bits per heavy atom. The van der Waals surface area contributed by atoms with Crippen molar-refractivity contribution in [2.24, 2.45) is 16.1 Å². The second kappa shape index (κ2) is 8.32. The quantitative estimate of drug-likeness (QED) is 0.476. The lowest BCUT2D eigenvalue weighted by molar-refractivity contribution is 0.110. The zero-order valence-corrected chi connectivity index (χ0v) is 12.7. The summed E-state index contributed by atoms with van der Waals surface area (Å²) in [6.07, 6.45) is 1.10. The molecular formula is C18H22N2O. The molecule has 2 aromatic rings. The van der Waals surface area contributed by atoms with Gasteiger partial charge in [-0.05, 0) is 42.2 Å². The van der Waals surface area contributed by atoms with Crippen LogP contribution >= 0.6 is 0 Å². The molecule has 0 aliphatic rings. The van der Waals surface area contributed by atoms with Gasteiger partial charge in [0, 0.05) is 6.61 Å². The Bertz CT molecular complexity index is 547. The summed E-state index contributed by atoms with van der Waals surface area (Å²) in [5.41, 5.74) is 2.88. The van der Waals surface area contributed by atoms with Crippen molar-refractivity contribution in [1.29, 1.82) is 0 Å². The van der Waals surface area contributed by atoms with E-state index in [9.17, 15) is 0 Å². The van der Waals surface area contributed by atoms with Crippen LogP contribution in [0.4, 0.5) is 11.4 Å². The summed E-state index contributed by atoms with van der Waals surface area (Å²) in [5.74, 6) is 0.686. The predicted molar refractivity (Wildman–Crippen MR) is 86.2 cm³/mol. The molecule has 0 bridgehead atoms. The molecule has 0 aromatic heterocycles. The largest absolute Gasteiger partial charge is 0.377 e. The molecule has 0 amide bonds. The molecule has 3 nitrogen and oxygen atoms in total. The average Bonchev–Trinajstić information content (AvgIpc) is 2.51. The zero-order valence-electron chi connectivity index (χ0n) is 12.7. The fourth-order valence-electron chi connectivity index (χ4n) is 1.78. The van der Waals surface area contributed by atoms with E-state index in [0.717, 1.165) is 30.0 Å². The summed E-state index contributed by atoms with van der Waals surface area (Å²) in [4.78, 5) is 0. The molecule has 0 spiro atoms. The molecule has 0 aliphatic carbocycles. The second-order valence-corrected chi connectivity index (χ2v) is 5.44. The van der Waals surface area contributed by atoms with Crippen LogP contribution in [0, 0.1) is 5.92 Å². The van der Waals surface area contributed by atoms with Crippen LogP contribution in [-0.4, -0.2) is 6.61 Å². The molecule has 0 saturated carbocycles. The van der Waals surface area contributed by atoms with E-state index in [1.807, 2.05) is 54.6 Å². The van der Waals surface area contributed by atoms with Gasteiger partial charge in [0.2, 0.25) is 0 Å². The van der Waals surface area contributed by atoms with Crippen molar-refractivity contribution in [3.63, 3.8) is 0 Å². The van der Waals surface area contributed by atoms with Crippen molar-refractivity contribution >= 4 is 11.4 Å². The molecule has 3 heteroatoms. The number of nitrogens with zero attached hydrogens (tertiary/aromatic N) is 2. The molecule has 2 rings (SSSR count). The van der Waals surface area contributed by atoms with Gasteiger partial charge >= 0.3 is 0 Å². The first-order valence-electron chi connectivity index (χ1n) is 7.37. The van der Waals surface area contributed by atoms with Gasteiger partial charge in [0.05, 0.1) is 18.0 Å². The van der Waals surface area contributed by atoms with Gasteiger partial charge in [-0.2, -0.15) is 10.2 Å². The Labute approximate surface area is 126 Å². The maximum Gasteiger partial charge on any atom is 0.0857 e. The third kappa shape index (κ3) is 5.88. The first-order chi connectivity index (χ1) is 10.2. The molecule has 2 aromatic carbocycles. The van der Waals surface area contributed by atoms with Crippen LogP contribution in [0.25, 0.3) is 0 Å². The smallest absolute Gasteiger partial charge is 0.0857 e. The number of ether oxygens (including phenoxy) is 1. The fraction of sp³-hybridized carbons (Fsp3) is 0.333. The summed E-state index contributed by atoms with van der Waals surface area (Å²) in [6.45, 7) is 5.88. The summed E-state index contributed by atoms with van der Waals surface area (Å²) in [5, 5.41) is 8.42. The molecule has 0 radical (unpaired) electrons. The van der Waals surface area contributed by atoms with Crippen LogP contribution in [0.2, 0.25) is 0 Å². The highest BCUT2D eigenvalue weighted by Gasteiger charge is 1.97. The fourth-order valence-corrected chi connectivity index (χ4v) is 1.78. The van der Waals surface area contributed by atoms with Gasteiger partial charge in [-0.1, -0.05) is 44.2 Å². The molecule has 0 atom stereocenters. The van der Waals surface area contributed by atoms with E-state index in [2.05, 4.69) is 24.1 Å². The van der Waals surface area contributed by atoms with Crippen molar-refractivity contribution in [3.05, 3.63) is 60.2 Å². The minimum atomic E-state index is 0.656. The average molecular weight is 282 g/mol. The molecule has 0 saturated heterocycles. The van der Waals surface area contributed by atoms with E-state index in [4.69, 9.17) is 4.74 Å². The minimum Gasteiger partial charge on any atom is -0.377 e. The maximum absolute atomic E-state index is 5.65. The van der Waals surface area contributed by atoms with Gasteiger partial charge < -0.3 is 4.74 Å². The van der Waals surface area contributed by atoms with E-state index < -0.39 is 0 Å². The van der Waals surface area contributed by atoms with Gasteiger partial charge in [-0.15, -0.1) is 0 Å². The Morgan fingerprint density at radius 1 is 0.857 bits per heavy atom. The van der Waals surface area contributed by atoms with E-state index in [1.165, 1.54) is 0 Å². The van der Waals surface area contributed by atoms with E-state index in [0.29, 0.717) is 12.5 Å². The lowest BCUT2D eigenvalue weighted by Gasteiger charge is -2.06. The normalized spacial score (nSPS) is 11.4. The van der Waals surface area contributed by atoms with Crippen LogP contribution in [0.3, 0.4) is 0 Å². The van der Waals surface area contributed by atoms with Crippen LogP contribution in [0.1, 0.15) is 25.8 Å². The number of hydrogen-bond acceptors (Lipinski definition) is 3. The molecule has 21 heavy (non-hydrogen) atoms. The lowest BCUT2D eigenvalue weighted by atomic mass is 10.1. The molecule has 0 heterocycles. The van der Waals surface area contributed by atoms with E-state index >= 15 is 0 Å². The standard InChI is InChI=1S/C18H22N2O/c1-15(2)12-13-21-14-16-8-10-18(11-9-16)20-19-17-6-4-3-5-7-17/h3-11,15H,12-14H2,1-2H3. The van der Waals surface area contributed by atoms with Gasteiger partial charge in [0.15, 0.2) is 0 Å². The summed E-state index contributed by atoms with van der Waals surface area (Å²) >= 11 is 0. The van der Waals surface area contributed by atoms with E-state index in [-0.39, 0.29) is 0 Å². The van der Waals surface area contributed by atoms with Crippen LogP contribution in [0.5, 0.6) is 0 Å². The lowest BCUT2D eigenvalue weighted by Crippen LogP contribution is -1.99. The number of benzene rings is 2. The molecular weight excluding hydrogens is 260 g/mol. The first-order valence-corrected chi connectivity index (χ1v) is 7.37. The van der Waals surface area contributed by atoms with Crippen LogP contribution < -0.4 is 0 Å². The number of hydrogen-bond donors (Lipinski definition) is 0. The van der Waals surface area contributed by atoms with Gasteiger partial charge in [-0.25, -0.2) is 0 Å². The number of azo groups is 1. The van der Waals surface area contributed by atoms with Gasteiger partial charge in [-0.3, -0.25) is 0 Å². The minimum absolute atomic E-state index is 0.656. The first kappa shape index (κ1) is 15.4. The van der Waals surface area contributed by atoms with Crippen molar-refractivity contribution in [1.82, 2.24) is 0 Å². The van der Waals surface area contributed by atoms with Crippen molar-refractivity contribution < 1.29 is 4.74 Å². The summed E-state index contributed by atoms with van der Waals surface area (Å²) < 4.78 is 5.65. The summed E-state index contributed by atoms with van der Waals surface area (Å²) in [6, 6.07) is 17.7. The highest BCUT2D eigenvalue weighted by molar-refractivity contribution is 5.40. The molecule has 0 unspecified atom stereocenters. The molecule has 0 fully saturated rings. The van der Waals surface area contributed by atoms with Gasteiger partial charge in [0.1, 0.15) is 0 Å². The van der Waals surface area contributed by atoms with Crippen molar-refractivity contribution in [2.45, 2.75) is 26.9 Å². The SMILES string of the molecule is CC(C)CCOCc1ccc(N=Nc2ccccc2)cc1. The summed E-state index contributed by atoms with van der Waals surface area (Å²) in [7, 11) is 0. The highest BCUT2D eigenvalue weighted by Crippen LogP contribution is 2.18. The van der Waals surface area contributed by atoms with Crippen LogP contribution in [0.15, 0.2) is 64.8 Å². The van der Waals surface area contributed by atoms with Crippen molar-refractivity contribution in [2.75, 3.05) is 6.61 Å². The van der Waals surface area contributed by atoms with Crippen molar-refractivity contribution in [3.8, 4) is 0 Å². The van der Waals surface area contributed by atoms with Crippen LogP contribution in [-0.2, 0) is 11.3 Å². The van der Waals surface area contributed by atoms with E-state index in [1.54, 1.807) is 0 Å². The Balaban J connectivity index is 1.83. The Kier molecular flexibility index (Phi) is 6.10. The topological polar surface area (TPSA) is 34.0 Å². The predicted octanol–water partition coefficient (Wildman–Crippen LogP) is 5.66. The Morgan fingerprint density at radius 3 is 2.10 bits per heavy atom. The van der Waals surface area contributed by atoms with Gasteiger partial charge in [0.25, 0.3) is 0 Å². The third-order valence-electron chi connectivity index (χ3n) is 3.08. The maximum atomic E-state index is 5.65.